The molecule has 1 aromatic rings. The molecule has 20 heavy (non-hydrogen) atoms. The SMILES string of the molecule is CNC(=O)C(CC(C)C)NS(=O)(=O)c1ccccc1C. The second-order valence-corrected chi connectivity index (χ2v) is 6.87. The van der Waals surface area contributed by atoms with Crippen LogP contribution in [0.3, 0.4) is 0 Å². The van der Waals surface area contributed by atoms with Crippen molar-refractivity contribution in [2.45, 2.75) is 38.1 Å². The zero-order chi connectivity index (χ0) is 15.3. The lowest BCUT2D eigenvalue weighted by atomic mass is 10.0. The Kier molecular flexibility index (Phi) is 5.71. The van der Waals surface area contributed by atoms with E-state index >= 15 is 0 Å². The van der Waals surface area contributed by atoms with Crippen molar-refractivity contribution in [1.82, 2.24) is 10.0 Å². The van der Waals surface area contributed by atoms with Crippen molar-refractivity contribution >= 4 is 15.9 Å². The van der Waals surface area contributed by atoms with Crippen LogP contribution in [-0.2, 0) is 14.8 Å². The van der Waals surface area contributed by atoms with Crippen LogP contribution in [0.1, 0.15) is 25.8 Å². The molecule has 2 N–H and O–H groups in total. The number of nitrogens with one attached hydrogen (secondary N) is 2. The van der Waals surface area contributed by atoms with Gasteiger partial charge in [0.1, 0.15) is 6.04 Å². The molecule has 1 unspecified atom stereocenters. The van der Waals surface area contributed by atoms with Gasteiger partial charge in [0.25, 0.3) is 0 Å². The number of aryl methyl sites for hydroxylation is 1. The average molecular weight is 298 g/mol. The predicted octanol–water partition coefficient (Wildman–Crippen LogP) is 1.43. The minimum Gasteiger partial charge on any atom is -0.358 e. The summed E-state index contributed by atoms with van der Waals surface area (Å²) in [6.45, 7) is 5.61. The monoisotopic (exact) mass is 298 g/mol. The molecule has 0 spiro atoms. The van der Waals surface area contributed by atoms with E-state index in [0.717, 1.165) is 0 Å². The van der Waals surface area contributed by atoms with E-state index in [4.69, 9.17) is 0 Å². The first kappa shape index (κ1) is 16.7. The van der Waals surface area contributed by atoms with Gasteiger partial charge in [-0.1, -0.05) is 32.0 Å². The van der Waals surface area contributed by atoms with Gasteiger partial charge in [-0.15, -0.1) is 0 Å². The van der Waals surface area contributed by atoms with Crippen LogP contribution in [0, 0.1) is 12.8 Å². The van der Waals surface area contributed by atoms with Gasteiger partial charge in [0.2, 0.25) is 15.9 Å². The van der Waals surface area contributed by atoms with Crippen LogP contribution < -0.4 is 10.0 Å². The van der Waals surface area contributed by atoms with E-state index in [1.54, 1.807) is 25.1 Å². The quantitative estimate of drug-likeness (QED) is 0.834. The number of hydrogen-bond donors (Lipinski definition) is 2. The minimum atomic E-state index is -3.70. The highest BCUT2D eigenvalue weighted by molar-refractivity contribution is 7.89. The van der Waals surface area contributed by atoms with Crippen molar-refractivity contribution in [2.75, 3.05) is 7.05 Å². The number of rotatable bonds is 6. The van der Waals surface area contributed by atoms with Crippen LogP contribution >= 0.6 is 0 Å². The topological polar surface area (TPSA) is 75.3 Å². The van der Waals surface area contributed by atoms with Crippen molar-refractivity contribution in [1.29, 1.82) is 0 Å². The fourth-order valence-corrected chi connectivity index (χ4v) is 3.42. The number of carbonyl (C=O) groups excluding carboxylic acids is 1. The summed E-state index contributed by atoms with van der Waals surface area (Å²) in [5.41, 5.74) is 0.653. The standard InChI is InChI=1S/C14H22N2O3S/c1-10(2)9-12(14(17)15-4)16-20(18,19)13-8-6-5-7-11(13)3/h5-8,10,12,16H,9H2,1-4H3,(H,15,17). The van der Waals surface area contributed by atoms with E-state index in [1.165, 1.54) is 13.1 Å². The Hall–Kier alpha value is -1.40. The van der Waals surface area contributed by atoms with E-state index < -0.39 is 16.1 Å². The molecule has 6 heteroatoms. The summed E-state index contributed by atoms with van der Waals surface area (Å²) >= 11 is 0. The number of hydrogen-bond acceptors (Lipinski definition) is 3. The van der Waals surface area contributed by atoms with Crippen molar-refractivity contribution in [3.63, 3.8) is 0 Å². The van der Waals surface area contributed by atoms with Gasteiger partial charge < -0.3 is 5.32 Å². The molecule has 0 aliphatic carbocycles. The lowest BCUT2D eigenvalue weighted by molar-refractivity contribution is -0.122. The van der Waals surface area contributed by atoms with E-state index in [1.807, 2.05) is 13.8 Å². The molecular formula is C14H22N2O3S. The molecule has 0 bridgehead atoms. The molecule has 0 heterocycles. The van der Waals surface area contributed by atoms with Gasteiger partial charge in [0.05, 0.1) is 4.90 Å². The van der Waals surface area contributed by atoms with Gasteiger partial charge in [-0.05, 0) is 30.9 Å². The third-order valence-electron chi connectivity index (χ3n) is 2.95. The van der Waals surface area contributed by atoms with E-state index in [-0.39, 0.29) is 16.7 Å². The summed E-state index contributed by atoms with van der Waals surface area (Å²) in [4.78, 5) is 12.0. The van der Waals surface area contributed by atoms with Gasteiger partial charge in [-0.2, -0.15) is 4.72 Å². The van der Waals surface area contributed by atoms with Crippen LogP contribution in [0.5, 0.6) is 0 Å². The van der Waals surface area contributed by atoms with Crippen LogP contribution in [0.15, 0.2) is 29.2 Å². The smallest absolute Gasteiger partial charge is 0.241 e. The summed E-state index contributed by atoms with van der Waals surface area (Å²) in [7, 11) is -2.20. The molecule has 112 valence electrons. The molecule has 0 aliphatic rings. The molecule has 5 nitrogen and oxygen atoms in total. The average Bonchev–Trinajstić information content (AvgIpc) is 2.36. The van der Waals surface area contributed by atoms with E-state index in [2.05, 4.69) is 10.0 Å². The van der Waals surface area contributed by atoms with Gasteiger partial charge in [0.15, 0.2) is 0 Å². The molecule has 1 aromatic carbocycles. The van der Waals surface area contributed by atoms with Gasteiger partial charge in [-0.3, -0.25) is 4.79 Å². The molecule has 0 fully saturated rings. The first-order valence-electron chi connectivity index (χ1n) is 6.57. The van der Waals surface area contributed by atoms with Crippen LogP contribution in [0.25, 0.3) is 0 Å². The lowest BCUT2D eigenvalue weighted by Crippen LogP contribution is -2.46. The zero-order valence-electron chi connectivity index (χ0n) is 12.3. The van der Waals surface area contributed by atoms with Crippen LogP contribution in [0.4, 0.5) is 0 Å². The van der Waals surface area contributed by atoms with Crippen molar-refractivity contribution in [3.8, 4) is 0 Å². The molecule has 0 aromatic heterocycles. The number of amides is 1. The highest BCUT2D eigenvalue weighted by Gasteiger charge is 2.26. The highest BCUT2D eigenvalue weighted by Crippen LogP contribution is 2.16. The molecule has 0 radical (unpaired) electrons. The largest absolute Gasteiger partial charge is 0.358 e. The van der Waals surface area contributed by atoms with Crippen molar-refractivity contribution in [3.05, 3.63) is 29.8 Å². The van der Waals surface area contributed by atoms with Crippen LogP contribution in [-0.4, -0.2) is 27.4 Å². The Morgan fingerprint density at radius 2 is 1.85 bits per heavy atom. The summed E-state index contributed by atoms with van der Waals surface area (Å²) in [6.07, 6.45) is 0.449. The molecule has 1 amide bonds. The van der Waals surface area contributed by atoms with Gasteiger partial charge >= 0.3 is 0 Å². The molecule has 0 saturated heterocycles. The maximum Gasteiger partial charge on any atom is 0.241 e. The number of benzene rings is 1. The Morgan fingerprint density at radius 1 is 1.25 bits per heavy atom. The molecular weight excluding hydrogens is 276 g/mol. The summed E-state index contributed by atoms with van der Waals surface area (Å²) < 4.78 is 27.2. The van der Waals surface area contributed by atoms with Gasteiger partial charge in [-0.25, -0.2) is 8.42 Å². The second kappa shape index (κ2) is 6.85. The Morgan fingerprint density at radius 3 is 2.35 bits per heavy atom. The molecule has 1 atom stereocenters. The van der Waals surface area contributed by atoms with Crippen molar-refractivity contribution < 1.29 is 13.2 Å². The molecule has 0 aliphatic heterocycles. The predicted molar refractivity (Wildman–Crippen MR) is 78.8 cm³/mol. The molecule has 0 saturated carbocycles. The minimum absolute atomic E-state index is 0.205. The maximum absolute atomic E-state index is 12.4. The summed E-state index contributed by atoms with van der Waals surface area (Å²) in [5.74, 6) is -0.118. The zero-order valence-corrected chi connectivity index (χ0v) is 13.1. The first-order valence-corrected chi connectivity index (χ1v) is 8.05. The normalized spacial score (nSPS) is 13.2. The third kappa shape index (κ3) is 4.31. The van der Waals surface area contributed by atoms with Gasteiger partial charge in [0, 0.05) is 7.05 Å². The summed E-state index contributed by atoms with van der Waals surface area (Å²) in [5, 5.41) is 2.49. The Balaban J connectivity index is 3.03. The van der Waals surface area contributed by atoms with Crippen LogP contribution in [0.2, 0.25) is 0 Å². The summed E-state index contributed by atoms with van der Waals surface area (Å²) in [6, 6.07) is 5.95. The lowest BCUT2D eigenvalue weighted by Gasteiger charge is -2.19. The fraction of sp³-hybridized carbons (Fsp3) is 0.500. The molecule has 1 rings (SSSR count). The number of carbonyl (C=O) groups is 1. The van der Waals surface area contributed by atoms with Crippen molar-refractivity contribution in [2.24, 2.45) is 5.92 Å². The van der Waals surface area contributed by atoms with E-state index in [9.17, 15) is 13.2 Å². The second-order valence-electron chi connectivity index (χ2n) is 5.18. The van der Waals surface area contributed by atoms with E-state index in [0.29, 0.717) is 12.0 Å². The third-order valence-corrected chi connectivity index (χ3v) is 4.58. The number of likely N-dealkylation sites (N-methyl/N-ethyl adjacent to an activating group) is 1. The Bertz CT molecular complexity index is 568. The fourth-order valence-electron chi connectivity index (χ4n) is 1.96. The maximum atomic E-state index is 12.4. The first-order chi connectivity index (χ1) is 9.27. The highest BCUT2D eigenvalue weighted by atomic mass is 32.2. The number of sulfonamides is 1. The Labute approximate surface area is 120 Å².